The highest BCUT2D eigenvalue weighted by Gasteiger charge is 2.60. The van der Waals surface area contributed by atoms with E-state index in [-0.39, 0.29) is 34.2 Å². The summed E-state index contributed by atoms with van der Waals surface area (Å²) in [6.07, 6.45) is -21.8. The van der Waals surface area contributed by atoms with Gasteiger partial charge in [0.05, 0.1) is 41.3 Å². The van der Waals surface area contributed by atoms with E-state index in [1.165, 1.54) is 116 Å². The number of nitrogens with one attached hydrogen (secondary N) is 1. The van der Waals surface area contributed by atoms with Crippen LogP contribution in [0.1, 0.15) is 71.6 Å². The Balaban J connectivity index is 1.44. The van der Waals surface area contributed by atoms with Gasteiger partial charge in [-0.2, -0.15) is 0 Å². The topological polar surface area (TPSA) is 262 Å². The third-order valence-corrected chi connectivity index (χ3v) is 12.2. The summed E-state index contributed by atoms with van der Waals surface area (Å²) in [6, 6.07) is 37.1. The lowest BCUT2D eigenvalue weighted by atomic mass is 9.95. The fourth-order valence-corrected chi connectivity index (χ4v) is 7.98. The second kappa shape index (κ2) is 27.0. The molecule has 0 spiro atoms. The smallest absolute Gasteiger partial charge is 0.339 e. The van der Waals surface area contributed by atoms with Crippen molar-refractivity contribution in [3.8, 4) is 0 Å². The molecule has 2 saturated heterocycles. The first-order valence-corrected chi connectivity index (χ1v) is 24.9. The zero-order chi connectivity index (χ0) is 55.9. The SMILES string of the molecule is COC(=O)[C@H]1O[C@@H](O[C@H]2[C@@H](OC(=O)c3ccccc3)[C@@H](COC(=O)c3ccccc3)O[C@H](OC(=N)C(Cl)(Cl)Cl)[C@@H]2OC(=O)c2ccccc2)[C@H](OC(=O)c2ccccc2)[C@@H](OC(=O)c2ccccc2)[C@@H]1OC(=O)CCC(C)=O. The lowest BCUT2D eigenvalue weighted by Gasteiger charge is -2.48. The van der Waals surface area contributed by atoms with E-state index < -0.39 is 132 Å². The zero-order valence-corrected chi connectivity index (χ0v) is 43.5. The molecule has 2 heterocycles. The first kappa shape index (κ1) is 58.0. The van der Waals surface area contributed by atoms with Crippen molar-refractivity contribution < 1.29 is 90.5 Å². The summed E-state index contributed by atoms with van der Waals surface area (Å²) >= 11 is 18.4. The van der Waals surface area contributed by atoms with Crippen LogP contribution in [-0.2, 0) is 66.5 Å². The first-order chi connectivity index (χ1) is 37.4. The van der Waals surface area contributed by atoms with Gasteiger partial charge in [0.25, 0.3) is 3.79 Å². The molecule has 7 rings (SSSR count). The first-order valence-electron chi connectivity index (χ1n) is 23.7. The highest BCUT2D eigenvalue weighted by molar-refractivity contribution is 6.76. The number of rotatable bonds is 19. The number of ether oxygens (including phenoxy) is 11. The van der Waals surface area contributed by atoms with Gasteiger partial charge in [-0.05, 0) is 67.6 Å². The number of Topliss-reactive ketones (excluding diaryl/α,β-unsaturated/α-hetero) is 1. The second-order valence-corrected chi connectivity index (χ2v) is 19.4. The van der Waals surface area contributed by atoms with Crippen LogP contribution in [-0.4, -0.2) is 132 Å². The predicted octanol–water partition coefficient (Wildman–Crippen LogP) is 7.40. The van der Waals surface area contributed by atoms with E-state index >= 15 is 0 Å². The van der Waals surface area contributed by atoms with E-state index in [1.54, 1.807) is 42.5 Å². The molecular weight excluding hydrogens is 1080 g/mol. The summed E-state index contributed by atoms with van der Waals surface area (Å²) in [7, 11) is 0.947. The van der Waals surface area contributed by atoms with Gasteiger partial charge < -0.3 is 56.9 Å². The number of ketones is 1. The number of methoxy groups -OCH3 is 1. The van der Waals surface area contributed by atoms with Gasteiger partial charge in [-0.15, -0.1) is 0 Å². The van der Waals surface area contributed by atoms with E-state index in [9.17, 15) is 38.4 Å². The van der Waals surface area contributed by atoms with Crippen LogP contribution >= 0.6 is 34.8 Å². The minimum atomic E-state index is -2.62. The molecule has 10 atom stereocenters. The molecule has 2 aliphatic heterocycles. The molecule has 2 aliphatic rings. The molecule has 0 aliphatic carbocycles. The molecular formula is C55H48Cl3NO19. The van der Waals surface area contributed by atoms with Crippen LogP contribution in [0.25, 0.3) is 0 Å². The fraction of sp³-hybridized carbons (Fsp3) is 0.291. The van der Waals surface area contributed by atoms with Gasteiger partial charge in [-0.25, -0.2) is 28.8 Å². The molecule has 0 radical (unpaired) electrons. The second-order valence-electron chi connectivity index (χ2n) is 17.1. The lowest BCUT2D eigenvalue weighted by molar-refractivity contribution is -0.348. The van der Waals surface area contributed by atoms with Gasteiger partial charge in [-0.1, -0.05) is 126 Å². The molecule has 5 aromatic rings. The van der Waals surface area contributed by atoms with Crippen molar-refractivity contribution in [1.82, 2.24) is 0 Å². The van der Waals surface area contributed by atoms with E-state index in [1.807, 2.05) is 0 Å². The maximum absolute atomic E-state index is 14.3. The van der Waals surface area contributed by atoms with Gasteiger partial charge in [0.1, 0.15) is 24.6 Å². The molecule has 0 amide bonds. The van der Waals surface area contributed by atoms with E-state index in [2.05, 4.69) is 0 Å². The van der Waals surface area contributed by atoms with Crippen LogP contribution in [0.2, 0.25) is 0 Å². The van der Waals surface area contributed by atoms with E-state index in [0.717, 1.165) is 7.11 Å². The Kier molecular flexibility index (Phi) is 20.1. The summed E-state index contributed by atoms with van der Waals surface area (Å²) in [5.74, 6) is -9.27. The summed E-state index contributed by atoms with van der Waals surface area (Å²) in [6.45, 7) is 0.386. The Morgan fingerprint density at radius 1 is 0.474 bits per heavy atom. The van der Waals surface area contributed by atoms with Gasteiger partial charge >= 0.3 is 41.8 Å². The van der Waals surface area contributed by atoms with Crippen LogP contribution in [0.3, 0.4) is 0 Å². The maximum Gasteiger partial charge on any atom is 0.339 e. The molecule has 20 nitrogen and oxygen atoms in total. The predicted molar refractivity (Wildman–Crippen MR) is 272 cm³/mol. The van der Waals surface area contributed by atoms with Crippen molar-refractivity contribution in [1.29, 1.82) is 5.41 Å². The number of carbonyl (C=O) groups is 8. The number of hydrogen-bond donors (Lipinski definition) is 1. The minimum Gasteiger partial charge on any atom is -0.467 e. The number of carbonyl (C=O) groups excluding carboxylic acids is 8. The molecule has 0 saturated carbocycles. The Bertz CT molecular complexity index is 2910. The molecule has 0 bridgehead atoms. The molecule has 23 heteroatoms. The highest BCUT2D eigenvalue weighted by Crippen LogP contribution is 2.38. The average Bonchev–Trinajstić information content (AvgIpc) is 3.50. The molecule has 0 aromatic heterocycles. The van der Waals surface area contributed by atoms with Crippen molar-refractivity contribution in [3.63, 3.8) is 0 Å². The van der Waals surface area contributed by atoms with Crippen molar-refractivity contribution in [2.45, 2.75) is 85.0 Å². The number of benzene rings is 5. The van der Waals surface area contributed by atoms with Crippen molar-refractivity contribution in [2.24, 2.45) is 0 Å². The summed E-state index contributed by atoms with van der Waals surface area (Å²) in [4.78, 5) is 110. The quantitative estimate of drug-likeness (QED) is 0.0277. The van der Waals surface area contributed by atoms with Crippen LogP contribution in [0.4, 0.5) is 0 Å². The van der Waals surface area contributed by atoms with Gasteiger partial charge in [0.15, 0.2) is 36.6 Å². The normalized spacial score (nSPS) is 22.7. The largest absolute Gasteiger partial charge is 0.467 e. The molecule has 408 valence electrons. The molecule has 5 aromatic carbocycles. The molecule has 1 N–H and O–H groups in total. The average molecular weight is 1130 g/mol. The Morgan fingerprint density at radius 3 is 1.28 bits per heavy atom. The summed E-state index contributed by atoms with van der Waals surface area (Å²) < 4.78 is 63.7. The lowest BCUT2D eigenvalue weighted by Crippen LogP contribution is -2.68. The third kappa shape index (κ3) is 15.3. The van der Waals surface area contributed by atoms with Gasteiger partial charge in [-0.3, -0.25) is 10.2 Å². The Hall–Kier alpha value is -7.72. The maximum atomic E-state index is 14.3. The highest BCUT2D eigenvalue weighted by atomic mass is 35.6. The number of esters is 7. The van der Waals surface area contributed by atoms with Crippen LogP contribution < -0.4 is 0 Å². The molecule has 2 fully saturated rings. The summed E-state index contributed by atoms with van der Waals surface area (Å²) in [5.41, 5.74) is -0.245. The molecule has 78 heavy (non-hydrogen) atoms. The van der Waals surface area contributed by atoms with Crippen LogP contribution in [0.5, 0.6) is 0 Å². The monoisotopic (exact) mass is 1130 g/mol. The van der Waals surface area contributed by atoms with E-state index in [0.29, 0.717) is 0 Å². The Labute approximate surface area is 460 Å². The van der Waals surface area contributed by atoms with E-state index in [4.69, 9.17) is 92.3 Å². The number of hydrogen-bond acceptors (Lipinski definition) is 20. The number of alkyl halides is 3. The number of halogens is 3. The van der Waals surface area contributed by atoms with Crippen LogP contribution in [0.15, 0.2) is 152 Å². The zero-order valence-electron chi connectivity index (χ0n) is 41.2. The van der Waals surface area contributed by atoms with Gasteiger partial charge in [0, 0.05) is 6.42 Å². The third-order valence-electron chi connectivity index (χ3n) is 11.6. The molecule has 0 unspecified atom stereocenters. The fourth-order valence-electron chi connectivity index (χ4n) is 7.85. The van der Waals surface area contributed by atoms with Crippen molar-refractivity contribution >= 4 is 88.3 Å². The van der Waals surface area contributed by atoms with Crippen molar-refractivity contribution in [2.75, 3.05) is 13.7 Å². The van der Waals surface area contributed by atoms with Gasteiger partial charge in [0.2, 0.25) is 18.5 Å². The van der Waals surface area contributed by atoms with Crippen molar-refractivity contribution in [3.05, 3.63) is 179 Å². The van der Waals surface area contributed by atoms with Crippen LogP contribution in [0, 0.1) is 5.41 Å². The standard InChI is InChI=1S/C55H48Cl3NO19/c1-31(60)28-29-38(61)71-41-42(73-48(64)34-22-12-5-13-23-34)45(75-50(66)36-26-16-7-17-27-36)53(77-43(41)51(67)68-2)76-40-39(72-47(63)33-20-10-4-11-21-33)37(30-69-46(62)32-18-8-3-9-19-32)70-52(78-54(59)55(56,57)58)44(40)74-49(65)35-24-14-6-15-25-35/h3-27,37,39-45,52-53,59H,28-30H2,1-2H3/t37-,39+,40+,41+,42+,43+,44-,45-,52-,53-/m1/s1. The Morgan fingerprint density at radius 2 is 0.872 bits per heavy atom. The summed E-state index contributed by atoms with van der Waals surface area (Å²) in [5, 5.41) is 8.64. The minimum absolute atomic E-state index is 0.0536.